The molecule has 0 fully saturated rings. The van der Waals surface area contributed by atoms with E-state index >= 15 is 0 Å². The van der Waals surface area contributed by atoms with Crippen molar-refractivity contribution in [1.82, 2.24) is 9.78 Å². The molecule has 0 N–H and O–H groups in total. The Morgan fingerprint density at radius 3 is 2.41 bits per heavy atom. The van der Waals surface area contributed by atoms with Crippen molar-refractivity contribution in [2.24, 2.45) is 0 Å². The second kappa shape index (κ2) is 6.85. The molecule has 0 bridgehead atoms. The van der Waals surface area contributed by atoms with Crippen LogP contribution in [0.1, 0.15) is 15.4 Å². The lowest BCUT2D eigenvalue weighted by molar-refractivity contribution is 0.0740. The van der Waals surface area contributed by atoms with Crippen LogP contribution in [0.3, 0.4) is 0 Å². The first-order chi connectivity index (χ1) is 13.0. The van der Waals surface area contributed by atoms with E-state index in [2.05, 4.69) is 5.10 Å². The summed E-state index contributed by atoms with van der Waals surface area (Å²) in [6.07, 6.45) is 0. The van der Waals surface area contributed by atoms with E-state index in [1.807, 2.05) is 6.92 Å². The van der Waals surface area contributed by atoms with Crippen LogP contribution in [0.4, 0.5) is 4.39 Å². The molecule has 2 heterocycles. The van der Waals surface area contributed by atoms with Crippen LogP contribution in [0.15, 0.2) is 54.6 Å². The van der Waals surface area contributed by atoms with Gasteiger partial charge < -0.3 is 9.47 Å². The van der Waals surface area contributed by atoms with Crippen molar-refractivity contribution in [2.45, 2.75) is 6.92 Å². The number of carbonyl (C=O) groups is 1. The lowest BCUT2D eigenvalue weighted by Gasteiger charge is -2.04. The molecule has 136 valence electrons. The molecule has 0 aliphatic heterocycles. The molecule has 4 aromatic rings. The number of methoxy groups -OCH3 is 1. The smallest absolute Gasteiger partial charge is 0.353 e. The molecule has 4 rings (SSSR count). The number of aromatic nitrogens is 2. The standard InChI is InChI=1S/C20H15FN2O3S/c1-12-17-11-18(20(24)26-16-9-7-15(25-2)8-10-16)27-19(17)23(22-12)14-5-3-13(21)4-6-14/h3-11H,1-2H3. The van der Waals surface area contributed by atoms with Gasteiger partial charge in [0.25, 0.3) is 0 Å². The summed E-state index contributed by atoms with van der Waals surface area (Å²) in [7, 11) is 1.57. The Morgan fingerprint density at radius 1 is 1.07 bits per heavy atom. The van der Waals surface area contributed by atoms with E-state index < -0.39 is 5.97 Å². The molecule has 0 saturated carbocycles. The van der Waals surface area contributed by atoms with Crippen molar-refractivity contribution < 1.29 is 18.7 Å². The highest BCUT2D eigenvalue weighted by molar-refractivity contribution is 7.20. The third-order valence-electron chi connectivity index (χ3n) is 4.09. The van der Waals surface area contributed by atoms with Crippen molar-refractivity contribution in [3.63, 3.8) is 0 Å². The third-order valence-corrected chi connectivity index (χ3v) is 5.18. The molecule has 0 unspecified atom stereocenters. The van der Waals surface area contributed by atoms with Gasteiger partial charge in [-0.25, -0.2) is 13.9 Å². The topological polar surface area (TPSA) is 53.4 Å². The Balaban J connectivity index is 1.65. The van der Waals surface area contributed by atoms with E-state index in [-0.39, 0.29) is 5.82 Å². The van der Waals surface area contributed by atoms with Gasteiger partial charge in [-0.3, -0.25) is 0 Å². The van der Waals surface area contributed by atoms with E-state index in [4.69, 9.17) is 9.47 Å². The quantitative estimate of drug-likeness (QED) is 0.377. The number of fused-ring (bicyclic) bond motifs is 1. The minimum atomic E-state index is -0.438. The number of hydrogen-bond donors (Lipinski definition) is 0. The first-order valence-corrected chi connectivity index (χ1v) is 8.98. The van der Waals surface area contributed by atoms with Gasteiger partial charge in [0.05, 0.1) is 18.5 Å². The number of benzene rings is 2. The fourth-order valence-electron chi connectivity index (χ4n) is 2.71. The minimum absolute atomic E-state index is 0.311. The SMILES string of the molecule is COc1ccc(OC(=O)c2cc3c(C)nn(-c4ccc(F)cc4)c3s2)cc1. The largest absolute Gasteiger partial charge is 0.497 e. The second-order valence-corrected chi connectivity index (χ2v) is 6.90. The number of thiophene rings is 1. The number of rotatable bonds is 4. The fourth-order valence-corrected chi connectivity index (χ4v) is 3.77. The molecule has 7 heteroatoms. The van der Waals surface area contributed by atoms with E-state index in [0.717, 1.165) is 21.6 Å². The zero-order valence-electron chi connectivity index (χ0n) is 14.6. The number of hydrogen-bond acceptors (Lipinski definition) is 5. The zero-order valence-corrected chi connectivity index (χ0v) is 15.4. The Bertz CT molecular complexity index is 1110. The molecular formula is C20H15FN2O3S. The average Bonchev–Trinajstić information content (AvgIpc) is 3.24. The van der Waals surface area contributed by atoms with Crippen LogP contribution in [-0.4, -0.2) is 22.9 Å². The Morgan fingerprint density at radius 2 is 1.74 bits per heavy atom. The highest BCUT2D eigenvalue weighted by atomic mass is 32.1. The molecule has 2 aromatic carbocycles. The molecule has 0 aliphatic rings. The predicted octanol–water partition coefficient (Wildman–Crippen LogP) is 4.76. The lowest BCUT2D eigenvalue weighted by atomic mass is 10.3. The molecule has 0 spiro atoms. The van der Waals surface area contributed by atoms with E-state index in [1.54, 1.807) is 54.3 Å². The van der Waals surface area contributed by atoms with Gasteiger partial charge in [0.1, 0.15) is 27.0 Å². The van der Waals surface area contributed by atoms with Gasteiger partial charge in [0, 0.05) is 5.39 Å². The van der Waals surface area contributed by atoms with Crippen LogP contribution in [0, 0.1) is 12.7 Å². The number of halogens is 1. The van der Waals surface area contributed by atoms with E-state index in [0.29, 0.717) is 16.4 Å². The first-order valence-electron chi connectivity index (χ1n) is 8.16. The Labute approximate surface area is 158 Å². The summed E-state index contributed by atoms with van der Waals surface area (Å²) in [4.78, 5) is 13.8. The first kappa shape index (κ1) is 17.2. The van der Waals surface area contributed by atoms with Crippen LogP contribution < -0.4 is 9.47 Å². The van der Waals surface area contributed by atoms with E-state index in [9.17, 15) is 9.18 Å². The second-order valence-electron chi connectivity index (χ2n) is 5.87. The van der Waals surface area contributed by atoms with Gasteiger partial charge >= 0.3 is 5.97 Å². The molecule has 0 radical (unpaired) electrons. The number of aryl methyl sites for hydroxylation is 1. The van der Waals surface area contributed by atoms with Crippen LogP contribution in [0.5, 0.6) is 11.5 Å². The summed E-state index contributed by atoms with van der Waals surface area (Å²) in [5, 5.41) is 5.36. The van der Waals surface area contributed by atoms with Crippen molar-refractivity contribution in [2.75, 3.05) is 7.11 Å². The van der Waals surface area contributed by atoms with Gasteiger partial charge in [-0.2, -0.15) is 5.10 Å². The van der Waals surface area contributed by atoms with Gasteiger partial charge in [-0.05, 0) is 61.5 Å². The van der Waals surface area contributed by atoms with Crippen molar-refractivity contribution in [3.8, 4) is 17.2 Å². The summed E-state index contributed by atoms with van der Waals surface area (Å²) in [6, 6.07) is 14.6. The lowest BCUT2D eigenvalue weighted by Crippen LogP contribution is -2.06. The molecule has 0 atom stereocenters. The Kier molecular flexibility index (Phi) is 4.37. The average molecular weight is 382 g/mol. The molecule has 0 amide bonds. The maximum absolute atomic E-state index is 13.2. The van der Waals surface area contributed by atoms with Gasteiger partial charge in [0.2, 0.25) is 0 Å². The maximum atomic E-state index is 13.2. The summed E-state index contributed by atoms with van der Waals surface area (Å²) in [5.74, 6) is 0.377. The van der Waals surface area contributed by atoms with Gasteiger partial charge in [-0.1, -0.05) is 0 Å². The van der Waals surface area contributed by atoms with Crippen molar-refractivity contribution >= 4 is 27.5 Å². The number of nitrogens with zero attached hydrogens (tertiary/aromatic N) is 2. The predicted molar refractivity (Wildman–Crippen MR) is 102 cm³/mol. The number of esters is 1. The Hall–Kier alpha value is -3.19. The van der Waals surface area contributed by atoms with Crippen LogP contribution in [-0.2, 0) is 0 Å². The highest BCUT2D eigenvalue weighted by Crippen LogP contribution is 2.31. The summed E-state index contributed by atoms with van der Waals surface area (Å²) in [5.41, 5.74) is 1.51. The molecule has 27 heavy (non-hydrogen) atoms. The zero-order chi connectivity index (χ0) is 19.0. The highest BCUT2D eigenvalue weighted by Gasteiger charge is 2.18. The minimum Gasteiger partial charge on any atom is -0.497 e. The molecule has 5 nitrogen and oxygen atoms in total. The summed E-state index contributed by atoms with van der Waals surface area (Å²) < 4.78 is 25.4. The number of carbonyl (C=O) groups excluding carboxylic acids is 1. The van der Waals surface area contributed by atoms with Crippen LogP contribution in [0.25, 0.3) is 15.9 Å². The summed E-state index contributed by atoms with van der Waals surface area (Å²) in [6.45, 7) is 1.87. The van der Waals surface area contributed by atoms with Crippen LogP contribution >= 0.6 is 11.3 Å². The molecular weight excluding hydrogens is 367 g/mol. The molecule has 0 aliphatic carbocycles. The monoisotopic (exact) mass is 382 g/mol. The summed E-state index contributed by atoms with van der Waals surface area (Å²) >= 11 is 1.29. The van der Waals surface area contributed by atoms with E-state index in [1.165, 1.54) is 23.5 Å². The van der Waals surface area contributed by atoms with Crippen LogP contribution in [0.2, 0.25) is 0 Å². The maximum Gasteiger partial charge on any atom is 0.353 e. The van der Waals surface area contributed by atoms with Gasteiger partial charge in [-0.15, -0.1) is 11.3 Å². The van der Waals surface area contributed by atoms with Gasteiger partial charge in [0.15, 0.2) is 0 Å². The molecule has 2 aromatic heterocycles. The number of ether oxygens (including phenoxy) is 2. The third kappa shape index (κ3) is 3.29. The molecule has 0 saturated heterocycles. The van der Waals surface area contributed by atoms with Crippen molar-refractivity contribution in [3.05, 3.63) is 71.0 Å². The fraction of sp³-hybridized carbons (Fsp3) is 0.100. The normalized spacial score (nSPS) is 10.9. The van der Waals surface area contributed by atoms with Crippen molar-refractivity contribution in [1.29, 1.82) is 0 Å².